The lowest BCUT2D eigenvalue weighted by Gasteiger charge is -2.10. The third-order valence-electron chi connectivity index (χ3n) is 1.91. The zero-order valence-electron chi connectivity index (χ0n) is 8.73. The van der Waals surface area contributed by atoms with E-state index in [-0.39, 0.29) is 6.10 Å². The highest BCUT2D eigenvalue weighted by molar-refractivity contribution is 5.04. The molecule has 14 heavy (non-hydrogen) atoms. The molecular formula is C10H17N3O. The van der Waals surface area contributed by atoms with E-state index in [2.05, 4.69) is 9.97 Å². The van der Waals surface area contributed by atoms with Gasteiger partial charge >= 0.3 is 0 Å². The zero-order chi connectivity index (χ0) is 10.4. The van der Waals surface area contributed by atoms with Crippen LogP contribution in [-0.4, -0.2) is 23.1 Å². The molecule has 0 amide bonds. The Balaban J connectivity index is 2.71. The van der Waals surface area contributed by atoms with E-state index in [4.69, 9.17) is 10.5 Å². The fourth-order valence-corrected chi connectivity index (χ4v) is 1.22. The van der Waals surface area contributed by atoms with Crippen molar-refractivity contribution in [2.24, 2.45) is 5.73 Å². The first-order valence-corrected chi connectivity index (χ1v) is 4.91. The van der Waals surface area contributed by atoms with Crippen LogP contribution in [-0.2, 0) is 11.2 Å². The molecule has 1 atom stereocenters. The van der Waals surface area contributed by atoms with Gasteiger partial charge in [-0.1, -0.05) is 0 Å². The highest BCUT2D eigenvalue weighted by Crippen LogP contribution is 2.11. The molecule has 0 spiro atoms. The van der Waals surface area contributed by atoms with Crippen LogP contribution in [0, 0.1) is 0 Å². The highest BCUT2D eigenvalue weighted by atomic mass is 16.5. The Labute approximate surface area is 84.5 Å². The van der Waals surface area contributed by atoms with E-state index in [1.54, 1.807) is 6.20 Å². The quantitative estimate of drug-likeness (QED) is 0.763. The molecule has 0 aliphatic carbocycles. The smallest absolute Gasteiger partial charge is 0.157 e. The molecule has 2 N–H and O–H groups in total. The molecule has 0 saturated heterocycles. The molecule has 0 saturated carbocycles. The maximum absolute atomic E-state index is 5.45. The number of rotatable bonds is 5. The van der Waals surface area contributed by atoms with Crippen LogP contribution in [0.2, 0.25) is 0 Å². The van der Waals surface area contributed by atoms with Crippen molar-refractivity contribution in [3.63, 3.8) is 0 Å². The summed E-state index contributed by atoms with van der Waals surface area (Å²) in [5.74, 6) is 0.734. The van der Waals surface area contributed by atoms with Crippen LogP contribution in [0.1, 0.15) is 31.5 Å². The first kappa shape index (κ1) is 11.1. The van der Waals surface area contributed by atoms with Gasteiger partial charge in [0.1, 0.15) is 6.10 Å². The first-order valence-electron chi connectivity index (χ1n) is 4.91. The van der Waals surface area contributed by atoms with E-state index in [1.807, 2.05) is 19.9 Å². The molecule has 1 unspecified atom stereocenters. The monoisotopic (exact) mass is 195 g/mol. The molecule has 4 heteroatoms. The summed E-state index contributed by atoms with van der Waals surface area (Å²) in [7, 11) is 0. The number of hydrogen-bond donors (Lipinski definition) is 1. The molecular weight excluding hydrogens is 178 g/mol. The second-order valence-corrected chi connectivity index (χ2v) is 3.04. The molecule has 78 valence electrons. The Kier molecular flexibility index (Phi) is 4.49. The topological polar surface area (TPSA) is 61.0 Å². The molecule has 0 radical (unpaired) electrons. The molecule has 1 heterocycles. The summed E-state index contributed by atoms with van der Waals surface area (Å²) in [4.78, 5) is 8.53. The molecule has 0 aliphatic heterocycles. The van der Waals surface area contributed by atoms with Gasteiger partial charge in [-0.15, -0.1) is 0 Å². The van der Waals surface area contributed by atoms with Crippen molar-refractivity contribution in [3.8, 4) is 0 Å². The van der Waals surface area contributed by atoms with Crippen LogP contribution in [0.15, 0.2) is 12.3 Å². The summed E-state index contributed by atoms with van der Waals surface area (Å²) in [5, 5.41) is 0. The van der Waals surface area contributed by atoms with Crippen molar-refractivity contribution in [1.29, 1.82) is 0 Å². The summed E-state index contributed by atoms with van der Waals surface area (Å²) < 4.78 is 5.40. The zero-order valence-corrected chi connectivity index (χ0v) is 8.73. The predicted octanol–water partition coefficient (Wildman–Crippen LogP) is 1.08. The number of aromatic nitrogens is 2. The Hall–Kier alpha value is -1.00. The number of hydrogen-bond acceptors (Lipinski definition) is 4. The van der Waals surface area contributed by atoms with Gasteiger partial charge in [-0.05, 0) is 26.5 Å². The van der Waals surface area contributed by atoms with Gasteiger partial charge in [-0.2, -0.15) is 0 Å². The number of ether oxygens (including phenoxy) is 1. The molecule has 1 rings (SSSR count). The summed E-state index contributed by atoms with van der Waals surface area (Å²) in [5.41, 5.74) is 6.43. The summed E-state index contributed by atoms with van der Waals surface area (Å²) in [6.45, 7) is 5.19. The second-order valence-electron chi connectivity index (χ2n) is 3.04. The van der Waals surface area contributed by atoms with E-state index in [9.17, 15) is 0 Å². The Morgan fingerprint density at radius 1 is 1.57 bits per heavy atom. The molecule has 4 nitrogen and oxygen atoms in total. The lowest BCUT2D eigenvalue weighted by atomic mass is 10.3. The van der Waals surface area contributed by atoms with Gasteiger partial charge in [-0.25, -0.2) is 9.97 Å². The third kappa shape index (κ3) is 3.05. The molecule has 1 aromatic rings. The average molecular weight is 195 g/mol. The van der Waals surface area contributed by atoms with Crippen molar-refractivity contribution in [2.45, 2.75) is 26.4 Å². The SMILES string of the molecule is CCOC(C)c1nccc(CCN)n1. The standard InChI is InChI=1S/C10H17N3O/c1-3-14-8(2)10-12-7-5-9(13-10)4-6-11/h5,7-8H,3-4,6,11H2,1-2H3. The minimum Gasteiger partial charge on any atom is -0.371 e. The minimum atomic E-state index is -0.0438. The number of nitrogens with two attached hydrogens (primary N) is 1. The van der Waals surface area contributed by atoms with Crippen LogP contribution in [0.4, 0.5) is 0 Å². The van der Waals surface area contributed by atoms with Crippen LogP contribution < -0.4 is 5.73 Å². The van der Waals surface area contributed by atoms with Gasteiger partial charge in [0, 0.05) is 24.9 Å². The van der Waals surface area contributed by atoms with Gasteiger partial charge < -0.3 is 10.5 Å². The van der Waals surface area contributed by atoms with Crippen LogP contribution in [0.3, 0.4) is 0 Å². The third-order valence-corrected chi connectivity index (χ3v) is 1.91. The van der Waals surface area contributed by atoms with Crippen molar-refractivity contribution >= 4 is 0 Å². The Bertz CT molecular complexity index is 278. The van der Waals surface area contributed by atoms with E-state index in [0.29, 0.717) is 13.2 Å². The lowest BCUT2D eigenvalue weighted by Crippen LogP contribution is -2.09. The van der Waals surface area contributed by atoms with E-state index >= 15 is 0 Å². The van der Waals surface area contributed by atoms with E-state index in [0.717, 1.165) is 17.9 Å². The largest absolute Gasteiger partial charge is 0.371 e. The van der Waals surface area contributed by atoms with Gasteiger partial charge in [0.2, 0.25) is 0 Å². The van der Waals surface area contributed by atoms with E-state index in [1.165, 1.54) is 0 Å². The fourth-order valence-electron chi connectivity index (χ4n) is 1.22. The van der Waals surface area contributed by atoms with Gasteiger partial charge in [0.25, 0.3) is 0 Å². The second kappa shape index (κ2) is 5.67. The van der Waals surface area contributed by atoms with Crippen molar-refractivity contribution < 1.29 is 4.74 Å². The van der Waals surface area contributed by atoms with Crippen molar-refractivity contribution in [3.05, 3.63) is 23.8 Å². The van der Waals surface area contributed by atoms with Crippen LogP contribution in [0.5, 0.6) is 0 Å². The van der Waals surface area contributed by atoms with Gasteiger partial charge in [-0.3, -0.25) is 0 Å². The maximum atomic E-state index is 5.45. The molecule has 0 aromatic carbocycles. The van der Waals surface area contributed by atoms with Crippen LogP contribution in [0.25, 0.3) is 0 Å². The Morgan fingerprint density at radius 2 is 2.36 bits per heavy atom. The van der Waals surface area contributed by atoms with Gasteiger partial charge in [0.15, 0.2) is 5.82 Å². The summed E-state index contributed by atoms with van der Waals surface area (Å²) in [6.07, 6.45) is 2.50. The Morgan fingerprint density at radius 3 is 3.00 bits per heavy atom. The van der Waals surface area contributed by atoms with E-state index < -0.39 is 0 Å². The summed E-state index contributed by atoms with van der Waals surface area (Å²) in [6, 6.07) is 1.88. The number of nitrogens with zero attached hydrogens (tertiary/aromatic N) is 2. The lowest BCUT2D eigenvalue weighted by molar-refractivity contribution is 0.0699. The normalized spacial score (nSPS) is 12.8. The minimum absolute atomic E-state index is 0.0438. The molecule has 0 fully saturated rings. The highest BCUT2D eigenvalue weighted by Gasteiger charge is 2.08. The molecule has 0 bridgehead atoms. The van der Waals surface area contributed by atoms with Gasteiger partial charge in [0.05, 0.1) is 0 Å². The predicted molar refractivity (Wildman–Crippen MR) is 54.8 cm³/mol. The average Bonchev–Trinajstić information content (AvgIpc) is 2.19. The summed E-state index contributed by atoms with van der Waals surface area (Å²) >= 11 is 0. The fraction of sp³-hybridized carbons (Fsp3) is 0.600. The molecule has 0 aliphatic rings. The molecule has 1 aromatic heterocycles. The van der Waals surface area contributed by atoms with Crippen molar-refractivity contribution in [2.75, 3.05) is 13.2 Å². The van der Waals surface area contributed by atoms with Crippen LogP contribution >= 0.6 is 0 Å². The van der Waals surface area contributed by atoms with Crippen molar-refractivity contribution in [1.82, 2.24) is 9.97 Å². The maximum Gasteiger partial charge on any atom is 0.157 e. The first-order chi connectivity index (χ1) is 6.77.